The van der Waals surface area contributed by atoms with Gasteiger partial charge >= 0.3 is 0 Å². The Morgan fingerprint density at radius 2 is 1.54 bits per heavy atom. The highest BCUT2D eigenvalue weighted by Gasteiger charge is 2.32. The van der Waals surface area contributed by atoms with E-state index in [2.05, 4.69) is 9.38 Å². The molecule has 2 heterocycles. The molecule has 0 fully saturated rings. The molecule has 0 unspecified atom stereocenters. The third-order valence-electron chi connectivity index (χ3n) is 4.12. The van der Waals surface area contributed by atoms with E-state index in [0.29, 0.717) is 22.7 Å². The van der Waals surface area contributed by atoms with E-state index in [1.54, 1.807) is 31.4 Å². The van der Waals surface area contributed by atoms with Crippen LogP contribution in [0.15, 0.2) is 57.8 Å². The number of hydrogen-bond acceptors (Lipinski definition) is 4. The van der Waals surface area contributed by atoms with Crippen LogP contribution in [0.1, 0.15) is 30.8 Å². The van der Waals surface area contributed by atoms with Crippen molar-refractivity contribution in [3.63, 3.8) is 0 Å². The molecule has 3 aromatic rings. The third-order valence-corrected chi connectivity index (χ3v) is 5.45. The Morgan fingerprint density at radius 1 is 0.923 bits per heavy atom. The lowest BCUT2D eigenvalue weighted by molar-refractivity contribution is 0.417. The number of ether oxygens (including phenoxy) is 1. The minimum atomic E-state index is -3.70. The standard InChI is InChI=1S/C18H14N2O3S.C2H6/c1-11-12-7-3-4-8-13(12)18(23-2)17(19-11)16-14-9-5-6-10-15(14)24(21,22)20-16;1-2/h3-10H,1-2H3;1-2H3. The van der Waals surface area contributed by atoms with Gasteiger partial charge in [-0.25, -0.2) is 4.98 Å². The summed E-state index contributed by atoms with van der Waals surface area (Å²) < 4.78 is 34.2. The number of methoxy groups -OCH3 is 1. The first kappa shape index (κ1) is 18.1. The Hall–Kier alpha value is -2.73. The van der Waals surface area contributed by atoms with E-state index in [1.807, 2.05) is 45.0 Å². The molecule has 0 spiro atoms. The first-order valence-electron chi connectivity index (χ1n) is 8.41. The minimum Gasteiger partial charge on any atom is -0.494 e. The number of fused-ring (bicyclic) bond motifs is 2. The third kappa shape index (κ3) is 2.76. The molecule has 2 aromatic carbocycles. The van der Waals surface area contributed by atoms with Crippen LogP contribution >= 0.6 is 0 Å². The van der Waals surface area contributed by atoms with E-state index < -0.39 is 10.0 Å². The zero-order valence-corrected chi connectivity index (χ0v) is 16.0. The number of pyridine rings is 1. The second-order valence-corrected chi connectivity index (χ2v) is 7.11. The zero-order chi connectivity index (χ0) is 18.9. The molecule has 26 heavy (non-hydrogen) atoms. The minimum absolute atomic E-state index is 0.203. The van der Waals surface area contributed by atoms with Crippen molar-refractivity contribution in [2.24, 2.45) is 4.40 Å². The molecule has 0 N–H and O–H groups in total. The number of hydrogen-bond donors (Lipinski definition) is 0. The van der Waals surface area contributed by atoms with Crippen LogP contribution in [0.4, 0.5) is 0 Å². The molecule has 1 aromatic heterocycles. The summed E-state index contributed by atoms with van der Waals surface area (Å²) in [5, 5.41) is 1.85. The molecule has 1 aliphatic rings. The largest absolute Gasteiger partial charge is 0.494 e. The molecule has 4 rings (SSSR count). The maximum Gasteiger partial charge on any atom is 0.283 e. The summed E-state index contributed by atoms with van der Waals surface area (Å²) in [4.78, 5) is 4.80. The highest BCUT2D eigenvalue weighted by Crippen LogP contribution is 2.36. The summed E-state index contributed by atoms with van der Waals surface area (Å²) in [6, 6.07) is 14.5. The number of aryl methyl sites for hydroxylation is 1. The predicted octanol–water partition coefficient (Wildman–Crippen LogP) is 4.12. The molecule has 134 valence electrons. The van der Waals surface area contributed by atoms with E-state index >= 15 is 0 Å². The van der Waals surface area contributed by atoms with Crippen LogP contribution < -0.4 is 4.74 Å². The van der Waals surface area contributed by atoms with E-state index in [0.717, 1.165) is 16.5 Å². The summed E-state index contributed by atoms with van der Waals surface area (Å²) in [7, 11) is -2.15. The average Bonchev–Trinajstić information content (AvgIpc) is 2.95. The topological polar surface area (TPSA) is 68.6 Å². The molecule has 0 radical (unpaired) electrons. The summed E-state index contributed by atoms with van der Waals surface area (Å²) in [5.74, 6) is 0.529. The Labute approximate surface area is 153 Å². The van der Waals surface area contributed by atoms with Crippen molar-refractivity contribution in [1.29, 1.82) is 0 Å². The van der Waals surface area contributed by atoms with Crippen molar-refractivity contribution in [2.75, 3.05) is 7.11 Å². The molecule has 0 amide bonds. The molecular formula is C20H20N2O3S. The van der Waals surface area contributed by atoms with Crippen LogP contribution in [0.3, 0.4) is 0 Å². The molecule has 5 nitrogen and oxygen atoms in total. The molecular weight excluding hydrogens is 348 g/mol. The Bertz CT molecular complexity index is 1120. The molecule has 1 aliphatic heterocycles. The summed E-state index contributed by atoms with van der Waals surface area (Å²) in [5.41, 5.74) is 2.13. The van der Waals surface area contributed by atoms with E-state index in [9.17, 15) is 8.42 Å². The smallest absolute Gasteiger partial charge is 0.283 e. The van der Waals surface area contributed by atoms with Crippen LogP contribution in [0.25, 0.3) is 10.8 Å². The van der Waals surface area contributed by atoms with E-state index in [-0.39, 0.29) is 4.90 Å². The van der Waals surface area contributed by atoms with Crippen LogP contribution in [0, 0.1) is 6.92 Å². The van der Waals surface area contributed by atoms with Crippen molar-refractivity contribution in [3.05, 3.63) is 65.5 Å². The lowest BCUT2D eigenvalue weighted by Gasteiger charge is -2.13. The fourth-order valence-corrected chi connectivity index (χ4v) is 4.26. The molecule has 0 saturated heterocycles. The van der Waals surface area contributed by atoms with Crippen molar-refractivity contribution in [1.82, 2.24) is 4.98 Å². The van der Waals surface area contributed by atoms with Gasteiger partial charge in [-0.1, -0.05) is 56.3 Å². The quantitative estimate of drug-likeness (QED) is 0.682. The van der Waals surface area contributed by atoms with Gasteiger partial charge in [0.15, 0.2) is 5.75 Å². The average molecular weight is 368 g/mol. The molecule has 0 atom stereocenters. The van der Waals surface area contributed by atoms with E-state index in [4.69, 9.17) is 4.74 Å². The van der Waals surface area contributed by atoms with Gasteiger partial charge in [-0.15, -0.1) is 0 Å². The lowest BCUT2D eigenvalue weighted by Crippen LogP contribution is -2.08. The van der Waals surface area contributed by atoms with Gasteiger partial charge in [0.05, 0.1) is 12.0 Å². The SMILES string of the molecule is CC.COc1c(C2=NS(=O)(=O)c3ccccc32)nc(C)c2ccccc12. The Balaban J connectivity index is 0.000000948. The fraction of sp³-hybridized carbons (Fsp3) is 0.200. The number of rotatable bonds is 2. The summed E-state index contributed by atoms with van der Waals surface area (Å²) in [6.07, 6.45) is 0. The van der Waals surface area contributed by atoms with Crippen LogP contribution in [0.5, 0.6) is 5.75 Å². The number of benzene rings is 2. The normalized spacial score (nSPS) is 14.2. The van der Waals surface area contributed by atoms with Gasteiger partial charge in [-0.3, -0.25) is 0 Å². The van der Waals surface area contributed by atoms with E-state index in [1.165, 1.54) is 0 Å². The number of aromatic nitrogens is 1. The maximum atomic E-state index is 12.3. The number of sulfonamides is 1. The Morgan fingerprint density at radius 3 is 2.23 bits per heavy atom. The first-order valence-corrected chi connectivity index (χ1v) is 9.85. The fourth-order valence-electron chi connectivity index (χ4n) is 3.05. The zero-order valence-electron chi connectivity index (χ0n) is 15.1. The monoisotopic (exact) mass is 368 g/mol. The lowest BCUT2D eigenvalue weighted by atomic mass is 10.0. The summed E-state index contributed by atoms with van der Waals surface area (Å²) in [6.45, 7) is 5.89. The van der Waals surface area contributed by atoms with Gasteiger partial charge in [-0.2, -0.15) is 12.8 Å². The van der Waals surface area contributed by atoms with Gasteiger partial charge in [0, 0.05) is 22.0 Å². The van der Waals surface area contributed by atoms with Crippen LogP contribution in [0.2, 0.25) is 0 Å². The molecule has 6 heteroatoms. The number of nitrogens with zero attached hydrogens (tertiary/aromatic N) is 2. The highest BCUT2D eigenvalue weighted by atomic mass is 32.2. The molecule has 0 saturated carbocycles. The second-order valence-electron chi connectivity index (χ2n) is 5.54. The second kappa shape index (κ2) is 6.88. The Kier molecular flexibility index (Phi) is 4.78. The van der Waals surface area contributed by atoms with Crippen molar-refractivity contribution in [2.45, 2.75) is 25.7 Å². The molecule has 0 bridgehead atoms. The van der Waals surface area contributed by atoms with Gasteiger partial charge in [0.2, 0.25) is 0 Å². The van der Waals surface area contributed by atoms with Crippen molar-refractivity contribution in [3.8, 4) is 5.75 Å². The van der Waals surface area contributed by atoms with Crippen molar-refractivity contribution >= 4 is 26.5 Å². The van der Waals surface area contributed by atoms with Gasteiger partial charge in [0.1, 0.15) is 11.4 Å². The highest BCUT2D eigenvalue weighted by molar-refractivity contribution is 7.90. The molecule has 0 aliphatic carbocycles. The van der Waals surface area contributed by atoms with Crippen LogP contribution in [-0.4, -0.2) is 26.2 Å². The summed E-state index contributed by atoms with van der Waals surface area (Å²) >= 11 is 0. The van der Waals surface area contributed by atoms with Gasteiger partial charge < -0.3 is 4.74 Å². The van der Waals surface area contributed by atoms with Crippen LogP contribution in [-0.2, 0) is 10.0 Å². The first-order chi connectivity index (χ1) is 12.5. The predicted molar refractivity (Wildman–Crippen MR) is 104 cm³/mol. The van der Waals surface area contributed by atoms with Gasteiger partial charge in [-0.05, 0) is 13.0 Å². The van der Waals surface area contributed by atoms with Gasteiger partial charge in [0.25, 0.3) is 10.0 Å². The maximum absolute atomic E-state index is 12.3. The van der Waals surface area contributed by atoms with Crippen molar-refractivity contribution < 1.29 is 13.2 Å².